The molecule has 0 radical (unpaired) electrons. The van der Waals surface area contributed by atoms with E-state index < -0.39 is 18.1 Å². The molecule has 0 heterocycles. The molecule has 0 aliphatic heterocycles. The molecule has 0 spiro atoms. The molecule has 2 atom stereocenters. The molecule has 0 aromatic rings. The summed E-state index contributed by atoms with van der Waals surface area (Å²) in [6, 6.07) is -0.618. The standard InChI is InChI=1S/C50H89NO7/c1-6-8-10-12-14-16-18-20-22-23-24-25-27-29-31-33-35-37-39-41-49(53)58-46(44-56-43-42-47(50(54)55)51(3,4)5)45-57-48(52)40-38-36-34-32-30-28-26-21-19-17-15-13-11-9-7-2/h9,11,13,15,17,19,23-24,46-47H,6-8,10,12,14,16,18,20-22,25-45H2,1-5H3/p+1/b11-9+,15-13+,19-17+,24-23+. The van der Waals surface area contributed by atoms with E-state index in [9.17, 15) is 19.5 Å². The summed E-state index contributed by atoms with van der Waals surface area (Å²) in [4.78, 5) is 37.0. The number of carboxylic acids is 1. The lowest BCUT2D eigenvalue weighted by molar-refractivity contribution is -0.887. The zero-order chi connectivity index (χ0) is 42.8. The maximum absolute atomic E-state index is 12.8. The molecule has 0 amide bonds. The van der Waals surface area contributed by atoms with Crippen LogP contribution in [0.5, 0.6) is 0 Å². The van der Waals surface area contributed by atoms with Crippen molar-refractivity contribution in [3.8, 4) is 0 Å². The summed E-state index contributed by atoms with van der Waals surface area (Å²) in [6.07, 6.45) is 48.7. The summed E-state index contributed by atoms with van der Waals surface area (Å²) < 4.78 is 17.3. The van der Waals surface area contributed by atoms with Crippen molar-refractivity contribution in [3.05, 3.63) is 48.6 Å². The summed E-state index contributed by atoms with van der Waals surface area (Å²) in [5, 5.41) is 9.63. The topological polar surface area (TPSA) is 99.1 Å². The van der Waals surface area contributed by atoms with Gasteiger partial charge in [-0.05, 0) is 57.8 Å². The Morgan fingerprint density at radius 2 is 0.983 bits per heavy atom. The molecule has 0 rings (SSSR count). The van der Waals surface area contributed by atoms with Gasteiger partial charge in [-0.2, -0.15) is 0 Å². The predicted octanol–water partition coefficient (Wildman–Crippen LogP) is 13.2. The third kappa shape index (κ3) is 38.8. The SMILES string of the molecule is CC/C=C/C=C/C=C/CCCCCCCCCC(=O)OCC(COCCC(C(=O)O)[N+](C)(C)C)OC(=O)CCCCCCCCC/C=C/CCCCCCCCCC. The Labute approximate surface area is 356 Å². The highest BCUT2D eigenvalue weighted by molar-refractivity contribution is 5.72. The summed E-state index contributed by atoms with van der Waals surface area (Å²) >= 11 is 0. The van der Waals surface area contributed by atoms with Gasteiger partial charge in [0.15, 0.2) is 12.1 Å². The minimum absolute atomic E-state index is 0.0552. The number of aliphatic carboxylic acids is 1. The van der Waals surface area contributed by atoms with Crippen molar-refractivity contribution >= 4 is 17.9 Å². The first kappa shape index (κ1) is 55.3. The molecule has 0 aromatic heterocycles. The number of ether oxygens (including phenoxy) is 3. The highest BCUT2D eigenvalue weighted by atomic mass is 16.6. The van der Waals surface area contributed by atoms with Crippen molar-refractivity contribution < 1.29 is 38.2 Å². The Kier molecular flexibility index (Phi) is 39.1. The van der Waals surface area contributed by atoms with Gasteiger partial charge in [-0.15, -0.1) is 0 Å². The molecule has 2 unspecified atom stereocenters. The Balaban J connectivity index is 4.31. The fraction of sp³-hybridized carbons (Fsp3) is 0.780. The highest BCUT2D eigenvalue weighted by Crippen LogP contribution is 2.15. The van der Waals surface area contributed by atoms with Crippen LogP contribution in [0.15, 0.2) is 48.6 Å². The molecule has 58 heavy (non-hydrogen) atoms. The molecule has 0 fully saturated rings. The monoisotopic (exact) mass is 817 g/mol. The quantitative estimate of drug-likeness (QED) is 0.0215. The van der Waals surface area contributed by atoms with E-state index in [0.29, 0.717) is 19.3 Å². The first-order valence-corrected chi connectivity index (χ1v) is 23.7. The summed E-state index contributed by atoms with van der Waals surface area (Å²) in [5.41, 5.74) is 0. The van der Waals surface area contributed by atoms with Crippen LogP contribution in [0.3, 0.4) is 0 Å². The van der Waals surface area contributed by atoms with Crippen LogP contribution in [-0.2, 0) is 28.6 Å². The van der Waals surface area contributed by atoms with Crippen LogP contribution < -0.4 is 0 Å². The average molecular weight is 817 g/mol. The summed E-state index contributed by atoms with van der Waals surface area (Å²) in [6.45, 7) is 4.60. The lowest BCUT2D eigenvalue weighted by Gasteiger charge is -2.31. The van der Waals surface area contributed by atoms with Crippen molar-refractivity contribution in [2.24, 2.45) is 0 Å². The van der Waals surface area contributed by atoms with E-state index in [4.69, 9.17) is 14.2 Å². The van der Waals surface area contributed by atoms with Crippen molar-refractivity contribution in [2.45, 2.75) is 212 Å². The molecule has 0 bridgehead atoms. The third-order valence-corrected chi connectivity index (χ3v) is 10.5. The van der Waals surface area contributed by atoms with Gasteiger partial charge < -0.3 is 23.8 Å². The number of esters is 2. The maximum Gasteiger partial charge on any atom is 0.362 e. The second kappa shape index (κ2) is 41.0. The van der Waals surface area contributed by atoms with Crippen LogP contribution in [-0.4, -0.2) is 80.6 Å². The number of carboxylic acid groups (broad SMARTS) is 1. The van der Waals surface area contributed by atoms with E-state index in [1.165, 1.54) is 116 Å². The Hall–Kier alpha value is -2.71. The Morgan fingerprint density at radius 1 is 0.534 bits per heavy atom. The number of unbranched alkanes of at least 4 members (excludes halogenated alkanes) is 22. The number of carbonyl (C=O) groups excluding carboxylic acids is 2. The lowest BCUT2D eigenvalue weighted by Crippen LogP contribution is -2.50. The van der Waals surface area contributed by atoms with Crippen molar-refractivity contribution in [3.63, 3.8) is 0 Å². The molecule has 0 aromatic carbocycles. The van der Waals surface area contributed by atoms with E-state index in [0.717, 1.165) is 51.4 Å². The zero-order valence-corrected chi connectivity index (χ0v) is 38.2. The first-order chi connectivity index (χ1) is 28.1. The van der Waals surface area contributed by atoms with E-state index in [2.05, 4.69) is 62.5 Å². The fourth-order valence-corrected chi connectivity index (χ4v) is 6.85. The average Bonchev–Trinajstić information content (AvgIpc) is 3.18. The molecule has 8 nitrogen and oxygen atoms in total. The second-order valence-electron chi connectivity index (χ2n) is 17.0. The van der Waals surface area contributed by atoms with Crippen molar-refractivity contribution in [1.29, 1.82) is 0 Å². The third-order valence-electron chi connectivity index (χ3n) is 10.5. The van der Waals surface area contributed by atoms with Crippen molar-refractivity contribution in [2.75, 3.05) is 41.0 Å². The van der Waals surface area contributed by atoms with Gasteiger partial charge in [0.1, 0.15) is 6.61 Å². The summed E-state index contributed by atoms with van der Waals surface area (Å²) in [5.74, 6) is -1.49. The molecular weight excluding hydrogens is 727 g/mol. The molecule has 0 saturated carbocycles. The molecule has 336 valence electrons. The molecule has 0 aliphatic carbocycles. The van der Waals surface area contributed by atoms with Gasteiger partial charge in [-0.1, -0.05) is 172 Å². The number of carbonyl (C=O) groups is 3. The molecule has 8 heteroatoms. The van der Waals surface area contributed by atoms with Crippen LogP contribution in [0.4, 0.5) is 0 Å². The minimum Gasteiger partial charge on any atom is -0.477 e. The summed E-state index contributed by atoms with van der Waals surface area (Å²) in [7, 11) is 5.52. The normalized spacial score (nSPS) is 13.3. The van der Waals surface area contributed by atoms with Crippen LogP contribution in [0.2, 0.25) is 0 Å². The number of hydrogen-bond acceptors (Lipinski definition) is 6. The van der Waals surface area contributed by atoms with Gasteiger partial charge in [0.2, 0.25) is 0 Å². The number of allylic oxidation sites excluding steroid dienone is 8. The van der Waals surface area contributed by atoms with E-state index in [-0.39, 0.29) is 36.2 Å². The van der Waals surface area contributed by atoms with Crippen LogP contribution in [0, 0.1) is 0 Å². The predicted molar refractivity (Wildman–Crippen MR) is 243 cm³/mol. The fourth-order valence-electron chi connectivity index (χ4n) is 6.85. The molecule has 0 saturated heterocycles. The lowest BCUT2D eigenvalue weighted by atomic mass is 10.1. The molecular formula is C50H90NO7+. The van der Waals surface area contributed by atoms with Gasteiger partial charge in [-0.25, -0.2) is 4.79 Å². The Bertz CT molecular complexity index is 1090. The van der Waals surface area contributed by atoms with E-state index in [1.807, 2.05) is 21.1 Å². The number of quaternary nitrogens is 1. The second-order valence-corrected chi connectivity index (χ2v) is 17.0. The first-order valence-electron chi connectivity index (χ1n) is 23.7. The number of hydrogen-bond donors (Lipinski definition) is 1. The Morgan fingerprint density at radius 3 is 1.47 bits per heavy atom. The molecule has 1 N–H and O–H groups in total. The van der Waals surface area contributed by atoms with E-state index >= 15 is 0 Å². The van der Waals surface area contributed by atoms with Crippen LogP contribution >= 0.6 is 0 Å². The van der Waals surface area contributed by atoms with Gasteiger partial charge in [0.05, 0.1) is 34.4 Å². The number of nitrogens with zero attached hydrogens (tertiary/aromatic N) is 1. The number of rotatable bonds is 42. The van der Waals surface area contributed by atoms with Gasteiger partial charge >= 0.3 is 17.9 Å². The minimum atomic E-state index is -0.878. The maximum atomic E-state index is 12.8. The van der Waals surface area contributed by atoms with E-state index in [1.54, 1.807) is 0 Å². The van der Waals surface area contributed by atoms with Crippen LogP contribution in [0.1, 0.15) is 200 Å². The molecule has 0 aliphatic rings. The zero-order valence-electron chi connectivity index (χ0n) is 38.2. The van der Waals surface area contributed by atoms with Crippen LogP contribution in [0.25, 0.3) is 0 Å². The van der Waals surface area contributed by atoms with Gasteiger partial charge in [-0.3, -0.25) is 9.59 Å². The highest BCUT2D eigenvalue weighted by Gasteiger charge is 2.31. The van der Waals surface area contributed by atoms with Gasteiger partial charge in [0.25, 0.3) is 0 Å². The smallest absolute Gasteiger partial charge is 0.362 e. The number of likely N-dealkylation sites (N-methyl/N-ethyl adjacent to an activating group) is 1. The van der Waals surface area contributed by atoms with Gasteiger partial charge in [0, 0.05) is 19.3 Å². The largest absolute Gasteiger partial charge is 0.477 e. The van der Waals surface area contributed by atoms with Crippen molar-refractivity contribution in [1.82, 2.24) is 0 Å².